The lowest BCUT2D eigenvalue weighted by molar-refractivity contribution is 0.0636. The molecule has 11 heteroatoms. The topological polar surface area (TPSA) is 87.5 Å². The molecule has 2 aromatic heterocycles. The number of hydrogen-bond acceptors (Lipinski definition) is 6. The summed E-state index contributed by atoms with van der Waals surface area (Å²) in [6, 6.07) is 2.90. The molecular formula is C26H34F2N4O4Si. The third kappa shape index (κ3) is 7.59. The lowest BCUT2D eigenvalue weighted by atomic mass is 10.1. The molecule has 3 aromatic rings. The number of rotatable bonds is 9. The standard InChI is InChI=1S/C26H34F2N4O4Si/c1-16(2)18-13-32(15-34-9-10-37(6,7)8)23-21(18)24(30-14-29-23)35-22-19(27)11-17(12-20(22)28)31-25(33)36-26(3,4)5/h11-14H,1,9-10,15H2,2-8H3,(H,31,33). The Balaban J connectivity index is 1.89. The van der Waals surface area contributed by atoms with E-state index in [4.69, 9.17) is 14.2 Å². The molecule has 0 radical (unpaired) electrons. The van der Waals surface area contributed by atoms with Gasteiger partial charge in [0.1, 0.15) is 24.3 Å². The zero-order valence-corrected chi connectivity index (χ0v) is 23.4. The molecule has 37 heavy (non-hydrogen) atoms. The van der Waals surface area contributed by atoms with Crippen LogP contribution in [0.25, 0.3) is 16.6 Å². The van der Waals surface area contributed by atoms with Crippen LogP contribution in [0.5, 0.6) is 11.6 Å². The number of benzene rings is 1. The van der Waals surface area contributed by atoms with Crippen LogP contribution in [0.4, 0.5) is 19.3 Å². The first-order valence-electron chi connectivity index (χ1n) is 11.9. The summed E-state index contributed by atoms with van der Waals surface area (Å²) in [6.45, 7) is 18.5. The minimum absolute atomic E-state index is 0.0329. The van der Waals surface area contributed by atoms with Crippen molar-refractivity contribution in [3.05, 3.63) is 48.4 Å². The van der Waals surface area contributed by atoms with Crippen molar-refractivity contribution in [3.63, 3.8) is 0 Å². The van der Waals surface area contributed by atoms with Crippen LogP contribution < -0.4 is 10.1 Å². The molecule has 0 atom stereocenters. The lowest BCUT2D eigenvalue weighted by Crippen LogP contribution is -2.27. The molecule has 0 aliphatic heterocycles. The van der Waals surface area contributed by atoms with E-state index in [1.165, 1.54) is 6.33 Å². The first kappa shape index (κ1) is 28.3. The van der Waals surface area contributed by atoms with Gasteiger partial charge in [-0.3, -0.25) is 5.32 Å². The highest BCUT2D eigenvalue weighted by Crippen LogP contribution is 2.36. The Hall–Kier alpha value is -3.31. The van der Waals surface area contributed by atoms with E-state index in [-0.39, 0.29) is 18.3 Å². The number of carbonyl (C=O) groups excluding carboxylic acids is 1. The number of halogens is 2. The quantitative estimate of drug-likeness (QED) is 0.232. The van der Waals surface area contributed by atoms with Crippen LogP contribution >= 0.6 is 0 Å². The molecule has 1 aromatic carbocycles. The van der Waals surface area contributed by atoms with Gasteiger partial charge in [-0.15, -0.1) is 0 Å². The van der Waals surface area contributed by atoms with Crippen molar-refractivity contribution in [1.29, 1.82) is 0 Å². The van der Waals surface area contributed by atoms with Crippen LogP contribution in [0.1, 0.15) is 33.3 Å². The summed E-state index contributed by atoms with van der Waals surface area (Å²) in [7, 11) is -1.24. The van der Waals surface area contributed by atoms with Crippen molar-refractivity contribution in [2.24, 2.45) is 0 Å². The van der Waals surface area contributed by atoms with Crippen LogP contribution in [-0.4, -0.2) is 40.9 Å². The highest BCUT2D eigenvalue weighted by atomic mass is 28.3. The summed E-state index contributed by atoms with van der Waals surface area (Å²) in [5, 5.41) is 2.77. The van der Waals surface area contributed by atoms with Crippen molar-refractivity contribution in [1.82, 2.24) is 14.5 Å². The fraction of sp³-hybridized carbons (Fsp3) is 0.423. The van der Waals surface area contributed by atoms with Gasteiger partial charge in [-0.1, -0.05) is 26.2 Å². The normalized spacial score (nSPS) is 12.0. The zero-order valence-electron chi connectivity index (χ0n) is 22.4. The van der Waals surface area contributed by atoms with Crippen LogP contribution in [-0.2, 0) is 16.2 Å². The van der Waals surface area contributed by atoms with Crippen LogP contribution in [0.15, 0.2) is 31.2 Å². The van der Waals surface area contributed by atoms with E-state index in [1.54, 1.807) is 32.3 Å². The number of amides is 1. The van der Waals surface area contributed by atoms with Crippen LogP contribution in [0, 0.1) is 11.6 Å². The smallest absolute Gasteiger partial charge is 0.412 e. The van der Waals surface area contributed by atoms with E-state index in [2.05, 4.69) is 41.5 Å². The van der Waals surface area contributed by atoms with Gasteiger partial charge in [0.2, 0.25) is 11.6 Å². The molecule has 0 saturated heterocycles. The van der Waals surface area contributed by atoms with Gasteiger partial charge in [0, 0.05) is 38.6 Å². The van der Waals surface area contributed by atoms with Crippen molar-refractivity contribution in [3.8, 4) is 11.6 Å². The van der Waals surface area contributed by atoms with Gasteiger partial charge in [-0.2, -0.15) is 0 Å². The third-order valence-electron chi connectivity index (χ3n) is 5.15. The summed E-state index contributed by atoms with van der Waals surface area (Å²) in [6.07, 6.45) is 2.23. The molecule has 200 valence electrons. The second-order valence-corrected chi connectivity index (χ2v) is 16.6. The monoisotopic (exact) mass is 532 g/mol. The van der Waals surface area contributed by atoms with Crippen LogP contribution in [0.2, 0.25) is 25.7 Å². The zero-order chi connectivity index (χ0) is 27.5. The van der Waals surface area contributed by atoms with Gasteiger partial charge in [-0.05, 0) is 39.3 Å². The highest BCUT2D eigenvalue weighted by Gasteiger charge is 2.22. The van der Waals surface area contributed by atoms with Crippen molar-refractivity contribution < 1.29 is 27.8 Å². The summed E-state index contributed by atoms with van der Waals surface area (Å²) in [4.78, 5) is 20.5. The number of hydrogen-bond donors (Lipinski definition) is 1. The van der Waals surface area contributed by atoms with Crippen molar-refractivity contribution >= 4 is 36.5 Å². The maximum absolute atomic E-state index is 14.9. The number of ether oxygens (including phenoxy) is 3. The van der Waals surface area contributed by atoms with Crippen LogP contribution in [0.3, 0.4) is 0 Å². The minimum Gasteiger partial charge on any atom is -0.444 e. The van der Waals surface area contributed by atoms with Gasteiger partial charge in [-0.25, -0.2) is 23.5 Å². The number of aromatic nitrogens is 3. The molecule has 1 N–H and O–H groups in total. The Labute approximate surface area is 216 Å². The molecule has 0 unspecified atom stereocenters. The molecule has 1 amide bonds. The summed E-state index contributed by atoms with van der Waals surface area (Å²) >= 11 is 0. The van der Waals surface area contributed by atoms with Gasteiger partial charge in [0.15, 0.2) is 11.6 Å². The Morgan fingerprint density at radius 3 is 2.38 bits per heavy atom. The average Bonchev–Trinajstić information content (AvgIpc) is 3.11. The number of carbonyl (C=O) groups is 1. The summed E-state index contributed by atoms with van der Waals surface area (Å²) in [5.41, 5.74) is 0.972. The fourth-order valence-corrected chi connectivity index (χ4v) is 4.14. The Morgan fingerprint density at radius 2 is 1.81 bits per heavy atom. The molecule has 0 spiro atoms. The van der Waals surface area contributed by atoms with E-state index in [9.17, 15) is 13.6 Å². The molecule has 0 aliphatic rings. The minimum atomic E-state index is -1.24. The number of anilines is 1. The first-order valence-corrected chi connectivity index (χ1v) is 15.6. The SMILES string of the molecule is C=C(C)c1cn(COCC[Si](C)(C)C)c2ncnc(Oc3c(F)cc(NC(=O)OC(C)(C)C)cc3F)c12. The summed E-state index contributed by atoms with van der Waals surface area (Å²) < 4.78 is 48.2. The molecule has 0 aliphatic carbocycles. The second kappa shape index (κ2) is 11.0. The Kier molecular flexibility index (Phi) is 8.38. The molecule has 0 saturated carbocycles. The predicted molar refractivity (Wildman–Crippen MR) is 143 cm³/mol. The third-order valence-corrected chi connectivity index (χ3v) is 6.85. The van der Waals surface area contributed by atoms with Crippen molar-refractivity contribution in [2.45, 2.75) is 65.7 Å². The number of nitrogens with one attached hydrogen (secondary N) is 1. The van der Waals surface area contributed by atoms with E-state index >= 15 is 0 Å². The second-order valence-electron chi connectivity index (χ2n) is 11.0. The van der Waals surface area contributed by atoms with E-state index in [1.807, 2.05) is 6.20 Å². The Bertz CT molecular complexity index is 1290. The number of fused-ring (bicyclic) bond motifs is 1. The maximum Gasteiger partial charge on any atom is 0.412 e. The molecule has 2 heterocycles. The van der Waals surface area contributed by atoms with Gasteiger partial charge < -0.3 is 18.8 Å². The largest absolute Gasteiger partial charge is 0.444 e. The Morgan fingerprint density at radius 1 is 1.16 bits per heavy atom. The first-order chi connectivity index (χ1) is 17.1. The van der Waals surface area contributed by atoms with Gasteiger partial charge >= 0.3 is 6.09 Å². The number of allylic oxidation sites excluding steroid dienone is 1. The molecular weight excluding hydrogens is 498 g/mol. The molecule has 0 fully saturated rings. The molecule has 8 nitrogen and oxygen atoms in total. The highest BCUT2D eigenvalue weighted by molar-refractivity contribution is 6.76. The van der Waals surface area contributed by atoms with E-state index in [0.717, 1.165) is 18.2 Å². The van der Waals surface area contributed by atoms with Gasteiger partial charge in [0.05, 0.1) is 11.1 Å². The molecule has 0 bridgehead atoms. The lowest BCUT2D eigenvalue weighted by Gasteiger charge is -2.19. The predicted octanol–water partition coefficient (Wildman–Crippen LogP) is 7.19. The van der Waals surface area contributed by atoms with Crippen molar-refractivity contribution in [2.75, 3.05) is 11.9 Å². The summed E-state index contributed by atoms with van der Waals surface area (Å²) in [5.74, 6) is -2.75. The maximum atomic E-state index is 14.9. The van der Waals surface area contributed by atoms with E-state index in [0.29, 0.717) is 28.8 Å². The fourth-order valence-electron chi connectivity index (χ4n) is 3.38. The van der Waals surface area contributed by atoms with Gasteiger partial charge in [0.25, 0.3) is 0 Å². The number of nitrogens with zero attached hydrogens (tertiary/aromatic N) is 3. The average molecular weight is 533 g/mol. The molecule has 3 rings (SSSR count). The van der Waals surface area contributed by atoms with E-state index < -0.39 is 37.2 Å².